The monoisotopic (exact) mass is 765 g/mol. The van der Waals surface area contributed by atoms with Gasteiger partial charge in [0.25, 0.3) is 0 Å². The highest BCUT2D eigenvalue weighted by Gasteiger charge is 2.21. The number of aromatic nitrogens is 3. The van der Waals surface area contributed by atoms with Crippen LogP contribution in [-0.4, -0.2) is 15.0 Å². The SMILES string of the molecule is c1ccc2cc(-c3cccc4c3oc3cccc(-c5nc(-c6ccc7c(ccc8oc9ccccc9c87)c6)nc(-c6cc7ccccc7c7ccccc67)n5)c34)ccc2c1. The lowest BCUT2D eigenvalue weighted by atomic mass is 9.96. The quantitative estimate of drug-likeness (QED) is 0.167. The molecule has 13 rings (SSSR count). The number of benzene rings is 10. The van der Waals surface area contributed by atoms with Gasteiger partial charge in [-0.2, -0.15) is 0 Å². The standard InChI is InChI=1S/C55H31N3O2/c1-2-12-33-29-36(24-23-32(33)11-1)40-18-9-19-44-51-45(20-10-22-48(51)60-52(40)44)54-56-53(37-25-27-39-35(30-37)26-28-49-50(39)43-17-7-8-21-47(43)59-49)57-55(58-54)46-31-34-13-3-4-14-38(34)41-15-5-6-16-42(41)46/h1-31H. The lowest BCUT2D eigenvalue weighted by Crippen LogP contribution is -2.01. The summed E-state index contributed by atoms with van der Waals surface area (Å²) in [6, 6.07) is 65.7. The summed E-state index contributed by atoms with van der Waals surface area (Å²) in [4.78, 5) is 16.0. The van der Waals surface area contributed by atoms with Gasteiger partial charge in [-0.3, -0.25) is 0 Å². The fraction of sp³-hybridized carbons (Fsp3) is 0. The second-order valence-corrected chi connectivity index (χ2v) is 15.5. The summed E-state index contributed by atoms with van der Waals surface area (Å²) in [6.07, 6.45) is 0. The van der Waals surface area contributed by atoms with E-state index in [0.717, 1.165) is 98.6 Å². The molecule has 3 aromatic heterocycles. The Balaban J connectivity index is 1.06. The van der Waals surface area contributed by atoms with Gasteiger partial charge in [0.05, 0.1) is 0 Å². The molecular formula is C55H31N3O2. The van der Waals surface area contributed by atoms with Crippen LogP contribution in [0.5, 0.6) is 0 Å². The van der Waals surface area contributed by atoms with Crippen LogP contribution in [-0.2, 0) is 0 Å². The topological polar surface area (TPSA) is 65.0 Å². The highest BCUT2D eigenvalue weighted by molar-refractivity contribution is 6.19. The molecule has 5 nitrogen and oxygen atoms in total. The largest absolute Gasteiger partial charge is 0.456 e. The summed E-state index contributed by atoms with van der Waals surface area (Å²) >= 11 is 0. The molecule has 5 heteroatoms. The Labute approximate surface area is 342 Å². The first-order chi connectivity index (χ1) is 29.7. The zero-order valence-electron chi connectivity index (χ0n) is 32.1. The van der Waals surface area contributed by atoms with Crippen LogP contribution in [0.3, 0.4) is 0 Å². The van der Waals surface area contributed by atoms with Crippen LogP contribution in [0.4, 0.5) is 0 Å². The van der Waals surface area contributed by atoms with Gasteiger partial charge in [-0.1, -0.05) is 152 Å². The Morgan fingerprint density at radius 1 is 0.283 bits per heavy atom. The van der Waals surface area contributed by atoms with Crippen molar-refractivity contribution in [2.75, 3.05) is 0 Å². The van der Waals surface area contributed by atoms with E-state index >= 15 is 0 Å². The van der Waals surface area contributed by atoms with Gasteiger partial charge in [-0.05, 0) is 85.1 Å². The van der Waals surface area contributed by atoms with Crippen molar-refractivity contribution >= 4 is 87.0 Å². The third kappa shape index (κ3) is 4.96. The van der Waals surface area contributed by atoms with Crippen molar-refractivity contribution in [2.45, 2.75) is 0 Å². The van der Waals surface area contributed by atoms with Gasteiger partial charge in [0.2, 0.25) is 0 Å². The minimum atomic E-state index is 0.577. The van der Waals surface area contributed by atoms with Crippen molar-refractivity contribution in [3.05, 3.63) is 188 Å². The van der Waals surface area contributed by atoms with Crippen molar-refractivity contribution in [2.24, 2.45) is 0 Å². The fourth-order valence-electron chi connectivity index (χ4n) is 9.30. The summed E-state index contributed by atoms with van der Waals surface area (Å²) in [5, 5.41) is 13.3. The summed E-state index contributed by atoms with van der Waals surface area (Å²) in [7, 11) is 0. The molecule has 13 aromatic rings. The molecule has 0 spiro atoms. The molecular weight excluding hydrogens is 735 g/mol. The van der Waals surface area contributed by atoms with E-state index in [1.54, 1.807) is 0 Å². The van der Waals surface area contributed by atoms with E-state index in [1.165, 1.54) is 16.2 Å². The lowest BCUT2D eigenvalue weighted by molar-refractivity contribution is 0.669. The average molecular weight is 766 g/mol. The van der Waals surface area contributed by atoms with Crippen LogP contribution in [0.2, 0.25) is 0 Å². The molecule has 10 aromatic carbocycles. The highest BCUT2D eigenvalue weighted by atomic mass is 16.3. The van der Waals surface area contributed by atoms with Gasteiger partial charge in [0.15, 0.2) is 17.5 Å². The summed E-state index contributed by atoms with van der Waals surface area (Å²) < 4.78 is 13.0. The number of furan rings is 2. The molecule has 0 saturated heterocycles. The normalized spacial score (nSPS) is 12.0. The molecule has 60 heavy (non-hydrogen) atoms. The van der Waals surface area contributed by atoms with Gasteiger partial charge in [-0.15, -0.1) is 0 Å². The fourth-order valence-corrected chi connectivity index (χ4v) is 9.30. The number of hydrogen-bond donors (Lipinski definition) is 0. The number of hydrogen-bond acceptors (Lipinski definition) is 5. The maximum atomic E-state index is 6.78. The first kappa shape index (κ1) is 32.9. The smallest absolute Gasteiger partial charge is 0.164 e. The zero-order chi connectivity index (χ0) is 39.3. The van der Waals surface area contributed by atoms with Crippen molar-refractivity contribution in [3.8, 4) is 45.3 Å². The van der Waals surface area contributed by atoms with E-state index < -0.39 is 0 Å². The second kappa shape index (κ2) is 12.7. The minimum Gasteiger partial charge on any atom is -0.456 e. The summed E-state index contributed by atoms with van der Waals surface area (Å²) in [5.74, 6) is 1.77. The zero-order valence-corrected chi connectivity index (χ0v) is 32.1. The van der Waals surface area contributed by atoms with E-state index in [4.69, 9.17) is 23.8 Å². The van der Waals surface area contributed by atoms with E-state index in [2.05, 4.69) is 164 Å². The predicted molar refractivity (Wildman–Crippen MR) is 246 cm³/mol. The molecule has 0 amide bonds. The van der Waals surface area contributed by atoms with Crippen molar-refractivity contribution in [3.63, 3.8) is 0 Å². The van der Waals surface area contributed by atoms with Crippen molar-refractivity contribution < 1.29 is 8.83 Å². The molecule has 0 N–H and O–H groups in total. The minimum absolute atomic E-state index is 0.577. The molecule has 0 saturated carbocycles. The predicted octanol–water partition coefficient (Wildman–Crippen LogP) is 15.0. The van der Waals surface area contributed by atoms with Gasteiger partial charge < -0.3 is 8.83 Å². The molecule has 3 heterocycles. The number of nitrogens with zero attached hydrogens (tertiary/aromatic N) is 3. The Morgan fingerprint density at radius 3 is 1.78 bits per heavy atom. The first-order valence-corrected chi connectivity index (χ1v) is 20.2. The molecule has 0 bridgehead atoms. The molecule has 0 radical (unpaired) electrons. The van der Waals surface area contributed by atoms with Gasteiger partial charge in [0, 0.05) is 43.8 Å². The Hall–Kier alpha value is -8.15. The number of fused-ring (bicyclic) bond motifs is 12. The van der Waals surface area contributed by atoms with Crippen LogP contribution in [0.1, 0.15) is 0 Å². The van der Waals surface area contributed by atoms with Crippen LogP contribution in [0.25, 0.3) is 132 Å². The summed E-state index contributed by atoms with van der Waals surface area (Å²) in [6.45, 7) is 0. The third-order valence-corrected chi connectivity index (χ3v) is 12.1. The molecule has 0 aliphatic heterocycles. The molecule has 0 aliphatic rings. The molecule has 0 fully saturated rings. The molecule has 0 unspecified atom stereocenters. The maximum absolute atomic E-state index is 6.78. The van der Waals surface area contributed by atoms with Gasteiger partial charge >= 0.3 is 0 Å². The maximum Gasteiger partial charge on any atom is 0.164 e. The Morgan fingerprint density at radius 2 is 0.883 bits per heavy atom. The van der Waals surface area contributed by atoms with Crippen LogP contribution in [0, 0.1) is 0 Å². The van der Waals surface area contributed by atoms with E-state index in [9.17, 15) is 0 Å². The van der Waals surface area contributed by atoms with Gasteiger partial charge in [-0.25, -0.2) is 15.0 Å². The van der Waals surface area contributed by atoms with Crippen LogP contribution >= 0.6 is 0 Å². The Kier molecular flexibility index (Phi) is 6.95. The number of rotatable bonds is 4. The number of para-hydroxylation sites is 2. The van der Waals surface area contributed by atoms with E-state index in [-0.39, 0.29) is 0 Å². The highest BCUT2D eigenvalue weighted by Crippen LogP contribution is 2.42. The molecule has 0 aliphatic carbocycles. The van der Waals surface area contributed by atoms with Crippen molar-refractivity contribution in [1.82, 2.24) is 15.0 Å². The molecule has 278 valence electrons. The van der Waals surface area contributed by atoms with E-state index in [1.807, 2.05) is 24.3 Å². The van der Waals surface area contributed by atoms with E-state index in [0.29, 0.717) is 17.5 Å². The second-order valence-electron chi connectivity index (χ2n) is 15.5. The third-order valence-electron chi connectivity index (χ3n) is 12.1. The average Bonchev–Trinajstić information content (AvgIpc) is 3.90. The molecule has 0 atom stereocenters. The summed E-state index contributed by atoms with van der Waals surface area (Å²) in [5.41, 5.74) is 8.22. The van der Waals surface area contributed by atoms with Crippen LogP contribution < -0.4 is 0 Å². The van der Waals surface area contributed by atoms with Gasteiger partial charge in [0.1, 0.15) is 22.3 Å². The Bertz CT molecular complexity index is 3910. The lowest BCUT2D eigenvalue weighted by Gasteiger charge is -2.13. The van der Waals surface area contributed by atoms with Crippen LogP contribution in [0.15, 0.2) is 197 Å². The first-order valence-electron chi connectivity index (χ1n) is 20.2. The van der Waals surface area contributed by atoms with Crippen molar-refractivity contribution in [1.29, 1.82) is 0 Å².